The third-order valence-electron chi connectivity index (χ3n) is 3.53. The minimum Gasteiger partial charge on any atom is -1.00 e. The van der Waals surface area contributed by atoms with Crippen LogP contribution >= 0.6 is 0 Å². The topological polar surface area (TPSA) is 95.9 Å². The Kier molecular flexibility index (Phi) is 5.72. The predicted molar refractivity (Wildman–Crippen MR) is 82.5 cm³/mol. The van der Waals surface area contributed by atoms with E-state index < -0.39 is 16.3 Å². The Balaban J connectivity index is 0.00000144. The number of anilines is 1. The Morgan fingerprint density at radius 2 is 2.09 bits per heavy atom. The van der Waals surface area contributed by atoms with Gasteiger partial charge in [0.2, 0.25) is 0 Å². The van der Waals surface area contributed by atoms with Gasteiger partial charge in [-0.3, -0.25) is 4.31 Å². The quantitative estimate of drug-likeness (QED) is 0.481. The van der Waals surface area contributed by atoms with E-state index in [1.165, 1.54) is 13.2 Å². The Hall–Kier alpha value is -0.684. The molecule has 23 heavy (non-hydrogen) atoms. The molecule has 0 spiro atoms. The van der Waals surface area contributed by atoms with Gasteiger partial charge in [-0.1, -0.05) is 6.07 Å². The van der Waals surface area contributed by atoms with Crippen LogP contribution in [0.1, 0.15) is 1.43 Å². The number of phenolic OH excluding ortho intramolecular Hbond substituents is 1. The summed E-state index contributed by atoms with van der Waals surface area (Å²) >= 11 is 0. The number of hydrogen-bond donors (Lipinski definition) is 2. The molecule has 1 fully saturated rings. The Labute approximate surface area is 177 Å². The zero-order chi connectivity index (χ0) is 15.9. The number of phenols is 1. The van der Waals surface area contributed by atoms with E-state index in [4.69, 9.17) is 4.74 Å². The van der Waals surface area contributed by atoms with Crippen LogP contribution in [0.5, 0.6) is 11.5 Å². The number of benzene rings is 2. The molecule has 2 aromatic carbocycles. The average molecular weight is 362 g/mol. The molecule has 2 aromatic rings. The molecule has 118 valence electrons. The molecule has 0 amide bonds. The second kappa shape index (κ2) is 7.05. The zero-order valence-corrected chi connectivity index (χ0v) is 16.6. The van der Waals surface area contributed by atoms with Gasteiger partial charge in [0.1, 0.15) is 17.8 Å². The van der Waals surface area contributed by atoms with Crippen LogP contribution in [-0.2, 0) is 15.0 Å². The summed E-state index contributed by atoms with van der Waals surface area (Å²) in [6.45, 7) is -0.0606. The molecule has 0 saturated carbocycles. The molecule has 2 N–H and O–H groups in total. The fourth-order valence-electron chi connectivity index (χ4n) is 2.45. The molecule has 0 aliphatic carbocycles. The van der Waals surface area contributed by atoms with Crippen LogP contribution in [0.3, 0.4) is 0 Å². The smallest absolute Gasteiger partial charge is 1.00 e. The number of methoxy groups -OCH3 is 1. The average Bonchev–Trinajstić information content (AvgIpc) is 2.81. The van der Waals surface area contributed by atoms with E-state index in [-0.39, 0.29) is 70.8 Å². The number of rotatable bonds is 3. The molecule has 1 heterocycles. The maximum absolute atomic E-state index is 12.1. The summed E-state index contributed by atoms with van der Waals surface area (Å²) in [5.41, 5.74) is 0.123. The SMILES string of the molecule is COc1ccc2cc(O)c(N3CC(C=O)NS3(=O)=O)cc2c1.[H-].[K+]. The van der Waals surface area contributed by atoms with E-state index in [9.17, 15) is 18.3 Å². The normalized spacial score (nSPS) is 19.3. The van der Waals surface area contributed by atoms with Crippen molar-refractivity contribution >= 4 is 33.0 Å². The number of carbonyl (C=O) groups excluding carboxylic acids is 1. The van der Waals surface area contributed by atoms with Crippen LogP contribution in [0.25, 0.3) is 10.8 Å². The first kappa shape index (κ1) is 18.7. The van der Waals surface area contributed by atoms with Crippen molar-refractivity contribution < 1.29 is 75.9 Å². The molecule has 3 rings (SSSR count). The zero-order valence-electron chi connectivity index (χ0n) is 13.7. The van der Waals surface area contributed by atoms with Crippen LogP contribution in [0.4, 0.5) is 5.69 Å². The third kappa shape index (κ3) is 3.55. The molecule has 1 saturated heterocycles. The summed E-state index contributed by atoms with van der Waals surface area (Å²) < 4.78 is 32.5. The first-order chi connectivity index (χ1) is 10.4. The van der Waals surface area contributed by atoms with Crippen molar-refractivity contribution in [3.63, 3.8) is 0 Å². The summed E-state index contributed by atoms with van der Waals surface area (Å²) in [7, 11) is -2.31. The Bertz CT molecular complexity index is 862. The largest absolute Gasteiger partial charge is 1.00 e. The van der Waals surface area contributed by atoms with E-state index >= 15 is 0 Å². The van der Waals surface area contributed by atoms with Crippen LogP contribution in [0.2, 0.25) is 0 Å². The van der Waals surface area contributed by atoms with Crippen molar-refractivity contribution in [3.8, 4) is 11.5 Å². The van der Waals surface area contributed by atoms with Gasteiger partial charge in [0, 0.05) is 0 Å². The molecule has 1 unspecified atom stereocenters. The van der Waals surface area contributed by atoms with Crippen molar-refractivity contribution in [1.29, 1.82) is 0 Å². The first-order valence-electron chi connectivity index (χ1n) is 6.50. The molecule has 1 aliphatic rings. The van der Waals surface area contributed by atoms with E-state index in [0.717, 1.165) is 15.1 Å². The van der Waals surface area contributed by atoms with Crippen LogP contribution in [-0.4, -0.2) is 39.5 Å². The summed E-state index contributed by atoms with van der Waals surface area (Å²) in [5.74, 6) is 0.451. The molecule has 9 heteroatoms. The van der Waals surface area contributed by atoms with E-state index in [1.807, 2.05) is 0 Å². The number of hydrogen-bond acceptors (Lipinski definition) is 5. The van der Waals surface area contributed by atoms with Gasteiger partial charge in [-0.05, 0) is 35.0 Å². The summed E-state index contributed by atoms with van der Waals surface area (Å²) in [6, 6.07) is 7.46. The summed E-state index contributed by atoms with van der Waals surface area (Å²) in [6.07, 6.45) is 0.526. The van der Waals surface area contributed by atoms with Gasteiger partial charge in [0.25, 0.3) is 0 Å². The van der Waals surface area contributed by atoms with E-state index in [2.05, 4.69) is 4.72 Å². The van der Waals surface area contributed by atoms with Gasteiger partial charge in [0.15, 0.2) is 0 Å². The second-order valence-electron chi connectivity index (χ2n) is 4.95. The predicted octanol–water partition coefficient (Wildman–Crippen LogP) is -2.11. The van der Waals surface area contributed by atoms with Gasteiger partial charge in [-0.2, -0.15) is 13.1 Å². The van der Waals surface area contributed by atoms with Crippen molar-refractivity contribution in [3.05, 3.63) is 30.3 Å². The third-order valence-corrected chi connectivity index (χ3v) is 5.05. The maximum Gasteiger partial charge on any atom is 1.00 e. The van der Waals surface area contributed by atoms with E-state index in [0.29, 0.717) is 12.0 Å². The van der Waals surface area contributed by atoms with E-state index in [1.54, 1.807) is 24.3 Å². The molecule has 1 aliphatic heterocycles. The number of fused-ring (bicyclic) bond motifs is 1. The molecule has 0 bridgehead atoms. The number of aromatic hydroxyl groups is 1. The van der Waals surface area contributed by atoms with Gasteiger partial charge >= 0.3 is 61.6 Å². The molecule has 0 aromatic heterocycles. The summed E-state index contributed by atoms with van der Waals surface area (Å²) in [5, 5.41) is 11.6. The van der Waals surface area contributed by atoms with Crippen molar-refractivity contribution in [1.82, 2.24) is 4.72 Å². The first-order valence-corrected chi connectivity index (χ1v) is 7.94. The van der Waals surface area contributed by atoms with Crippen molar-refractivity contribution in [2.75, 3.05) is 18.0 Å². The number of carbonyl (C=O) groups is 1. The molecular weight excluding hydrogens is 347 g/mol. The maximum atomic E-state index is 12.1. The van der Waals surface area contributed by atoms with Crippen LogP contribution < -0.4 is 65.1 Å². The van der Waals surface area contributed by atoms with Crippen LogP contribution in [0, 0.1) is 0 Å². The number of nitrogens with one attached hydrogen (secondary N) is 1. The van der Waals surface area contributed by atoms with Gasteiger partial charge in [-0.15, -0.1) is 0 Å². The Morgan fingerprint density at radius 3 is 2.70 bits per heavy atom. The molecule has 1 atom stereocenters. The standard InChI is InChI=1S/C14H14N2O5S.K.H/c1-21-12-3-2-9-6-14(18)13(5-10(9)4-12)16-7-11(8-17)15-22(16,19)20;;/h2-6,8,11,15,18H,7H2,1H3;;/q;+1;-1. The molecule has 7 nitrogen and oxygen atoms in total. The monoisotopic (exact) mass is 362 g/mol. The van der Waals surface area contributed by atoms with Gasteiger partial charge in [0.05, 0.1) is 25.4 Å². The minimum absolute atomic E-state index is 0. The number of aldehydes is 1. The molecular formula is C14H15KN2O5S. The second-order valence-corrected chi connectivity index (χ2v) is 6.58. The van der Waals surface area contributed by atoms with Crippen LogP contribution in [0.15, 0.2) is 30.3 Å². The fourth-order valence-corrected chi connectivity index (χ4v) is 3.85. The van der Waals surface area contributed by atoms with Crippen molar-refractivity contribution in [2.24, 2.45) is 0 Å². The number of ether oxygens (including phenoxy) is 1. The fraction of sp³-hybridized carbons (Fsp3) is 0.214. The molecule has 0 radical (unpaired) electrons. The Morgan fingerprint density at radius 1 is 1.35 bits per heavy atom. The van der Waals surface area contributed by atoms with Crippen molar-refractivity contribution in [2.45, 2.75) is 6.04 Å². The minimum atomic E-state index is -3.85. The van der Waals surface area contributed by atoms with Gasteiger partial charge in [-0.25, -0.2) is 0 Å². The number of nitrogens with zero attached hydrogens (tertiary/aromatic N) is 1. The summed E-state index contributed by atoms with van der Waals surface area (Å²) in [4.78, 5) is 10.8. The van der Waals surface area contributed by atoms with Gasteiger partial charge < -0.3 is 16.1 Å².